The Balaban J connectivity index is 1.62. The highest BCUT2D eigenvalue weighted by Gasteiger charge is 2.23. The molecule has 1 aliphatic heterocycles. The maximum atomic E-state index is 12.4. The van der Waals surface area contributed by atoms with Crippen LogP contribution in [-0.4, -0.2) is 31.3 Å². The Hall–Kier alpha value is -3.47. The Morgan fingerprint density at radius 1 is 1.00 bits per heavy atom. The number of benzene rings is 3. The van der Waals surface area contributed by atoms with Gasteiger partial charge in [0.2, 0.25) is 12.7 Å². The van der Waals surface area contributed by atoms with Crippen LogP contribution in [0.3, 0.4) is 0 Å². The average molecular weight is 418 g/mol. The number of methoxy groups -OCH3 is 1. The summed E-state index contributed by atoms with van der Waals surface area (Å²) in [4.78, 5) is 14.3. The predicted octanol–water partition coefficient (Wildman–Crippen LogP) is 4.99. The molecule has 0 aromatic heterocycles. The Morgan fingerprint density at radius 2 is 1.74 bits per heavy atom. The van der Waals surface area contributed by atoms with Gasteiger partial charge in [-0.15, -0.1) is 0 Å². The van der Waals surface area contributed by atoms with Crippen molar-refractivity contribution >= 4 is 5.91 Å². The van der Waals surface area contributed by atoms with Gasteiger partial charge < -0.3 is 19.1 Å². The third-order valence-corrected chi connectivity index (χ3v) is 5.66. The molecular formula is C26H27NO4. The van der Waals surface area contributed by atoms with Crippen LogP contribution in [0.5, 0.6) is 17.2 Å². The third-order valence-electron chi connectivity index (χ3n) is 5.66. The number of amides is 1. The lowest BCUT2D eigenvalue weighted by molar-refractivity contribution is -0.129. The largest absolute Gasteiger partial charge is 0.496 e. The molecule has 0 radical (unpaired) electrons. The molecule has 1 amide bonds. The fraction of sp³-hybridized carbons (Fsp3) is 0.269. The van der Waals surface area contributed by atoms with E-state index in [2.05, 4.69) is 12.1 Å². The molecule has 31 heavy (non-hydrogen) atoms. The molecule has 0 aliphatic carbocycles. The van der Waals surface area contributed by atoms with Crippen LogP contribution in [0.4, 0.5) is 0 Å². The molecular weight excluding hydrogens is 390 g/mol. The van der Waals surface area contributed by atoms with Crippen molar-refractivity contribution in [1.82, 2.24) is 4.90 Å². The molecule has 1 heterocycles. The van der Waals surface area contributed by atoms with E-state index in [-0.39, 0.29) is 18.6 Å². The summed E-state index contributed by atoms with van der Waals surface area (Å²) in [5, 5.41) is 0. The molecule has 160 valence electrons. The Morgan fingerprint density at radius 3 is 2.52 bits per heavy atom. The highest BCUT2D eigenvalue weighted by atomic mass is 16.7. The number of carbonyl (C=O) groups is 1. The van der Waals surface area contributed by atoms with E-state index in [4.69, 9.17) is 14.2 Å². The lowest BCUT2D eigenvalue weighted by Crippen LogP contribution is -2.30. The van der Waals surface area contributed by atoms with Crippen molar-refractivity contribution in [1.29, 1.82) is 0 Å². The van der Waals surface area contributed by atoms with E-state index in [9.17, 15) is 4.79 Å². The van der Waals surface area contributed by atoms with Crippen molar-refractivity contribution in [2.24, 2.45) is 0 Å². The van der Waals surface area contributed by atoms with Crippen molar-refractivity contribution in [2.45, 2.75) is 25.8 Å². The van der Waals surface area contributed by atoms with Crippen molar-refractivity contribution in [3.63, 3.8) is 0 Å². The van der Waals surface area contributed by atoms with Crippen molar-refractivity contribution in [2.75, 3.05) is 20.4 Å². The summed E-state index contributed by atoms with van der Waals surface area (Å²) in [5.41, 5.74) is 3.32. The van der Waals surface area contributed by atoms with Crippen LogP contribution in [-0.2, 0) is 11.3 Å². The standard InChI is InChI=1S/C26H27NO4/c1-19(28)27(17-20-8-4-3-5-9-20)15-14-22(23-10-6-7-11-24(23)29-2)21-12-13-25-26(16-21)31-18-30-25/h3-13,16,22H,14-15,17-18H2,1-2H3/t22-/m1/s1. The van der Waals surface area contributed by atoms with E-state index >= 15 is 0 Å². The topological polar surface area (TPSA) is 48.0 Å². The van der Waals surface area contributed by atoms with Crippen molar-refractivity contribution < 1.29 is 19.0 Å². The first-order valence-corrected chi connectivity index (χ1v) is 10.5. The third kappa shape index (κ3) is 4.82. The molecule has 5 heteroatoms. The van der Waals surface area contributed by atoms with Crippen LogP contribution >= 0.6 is 0 Å². The van der Waals surface area contributed by atoms with Gasteiger partial charge in [0.25, 0.3) is 0 Å². The van der Waals surface area contributed by atoms with Gasteiger partial charge in [-0.2, -0.15) is 0 Å². The van der Waals surface area contributed by atoms with Gasteiger partial charge in [0.1, 0.15) is 5.75 Å². The summed E-state index contributed by atoms with van der Waals surface area (Å²) in [5.74, 6) is 2.46. The van der Waals surface area contributed by atoms with Gasteiger partial charge in [0.05, 0.1) is 7.11 Å². The number of carbonyl (C=O) groups excluding carboxylic acids is 1. The lowest BCUT2D eigenvalue weighted by atomic mass is 9.87. The molecule has 3 aromatic carbocycles. The van der Waals surface area contributed by atoms with Gasteiger partial charge in [-0.1, -0.05) is 54.6 Å². The summed E-state index contributed by atoms with van der Waals surface area (Å²) in [6, 6.07) is 24.2. The minimum atomic E-state index is 0.0447. The van der Waals surface area contributed by atoms with Crippen molar-refractivity contribution in [3.05, 3.63) is 89.5 Å². The normalized spacial score (nSPS) is 13.0. The Labute approximate surface area is 183 Å². The number of nitrogens with zero attached hydrogens (tertiary/aromatic N) is 1. The molecule has 3 aromatic rings. The molecule has 0 saturated heterocycles. The zero-order chi connectivity index (χ0) is 21.6. The maximum Gasteiger partial charge on any atom is 0.231 e. The van der Waals surface area contributed by atoms with E-state index in [0.29, 0.717) is 13.1 Å². The smallest absolute Gasteiger partial charge is 0.231 e. The van der Waals surface area contributed by atoms with E-state index < -0.39 is 0 Å². The maximum absolute atomic E-state index is 12.4. The molecule has 0 saturated carbocycles. The van der Waals surface area contributed by atoms with E-state index in [1.54, 1.807) is 14.0 Å². The van der Waals surface area contributed by atoms with Gasteiger partial charge >= 0.3 is 0 Å². The molecule has 0 fully saturated rings. The number of ether oxygens (including phenoxy) is 3. The highest BCUT2D eigenvalue weighted by Crippen LogP contribution is 2.40. The van der Waals surface area contributed by atoms with Crippen molar-refractivity contribution in [3.8, 4) is 17.2 Å². The van der Waals surface area contributed by atoms with Crippen LogP contribution in [0.2, 0.25) is 0 Å². The summed E-state index contributed by atoms with van der Waals surface area (Å²) in [7, 11) is 1.69. The molecule has 0 spiro atoms. The monoisotopic (exact) mass is 417 g/mol. The molecule has 1 atom stereocenters. The molecule has 5 nitrogen and oxygen atoms in total. The summed E-state index contributed by atoms with van der Waals surface area (Å²) < 4.78 is 16.7. The first-order chi connectivity index (χ1) is 15.2. The van der Waals surface area contributed by atoms with Gasteiger partial charge in [-0.3, -0.25) is 4.79 Å². The highest BCUT2D eigenvalue weighted by molar-refractivity contribution is 5.73. The van der Waals surface area contributed by atoms with Gasteiger partial charge in [-0.25, -0.2) is 0 Å². The number of hydrogen-bond acceptors (Lipinski definition) is 4. The molecule has 0 unspecified atom stereocenters. The Kier molecular flexibility index (Phi) is 6.41. The van der Waals surface area contributed by atoms with Crippen LogP contribution in [0.15, 0.2) is 72.8 Å². The van der Waals surface area contributed by atoms with Gasteiger partial charge in [0.15, 0.2) is 11.5 Å². The van der Waals surface area contributed by atoms with E-state index in [0.717, 1.165) is 40.4 Å². The predicted molar refractivity (Wildman–Crippen MR) is 120 cm³/mol. The zero-order valence-electron chi connectivity index (χ0n) is 17.9. The zero-order valence-corrected chi connectivity index (χ0v) is 17.9. The van der Waals surface area contributed by atoms with Crippen LogP contribution in [0, 0.1) is 0 Å². The first kappa shape index (κ1) is 20.8. The summed E-state index contributed by atoms with van der Waals surface area (Å²) in [6.45, 7) is 3.09. The summed E-state index contributed by atoms with van der Waals surface area (Å²) >= 11 is 0. The fourth-order valence-corrected chi connectivity index (χ4v) is 4.02. The fourth-order valence-electron chi connectivity index (χ4n) is 4.02. The number of para-hydroxylation sites is 1. The van der Waals surface area contributed by atoms with Crippen LogP contribution in [0.25, 0.3) is 0 Å². The van der Waals surface area contributed by atoms with Crippen LogP contribution in [0.1, 0.15) is 36.0 Å². The number of fused-ring (bicyclic) bond motifs is 1. The van der Waals surface area contributed by atoms with E-state index in [1.165, 1.54) is 0 Å². The second-order valence-electron chi connectivity index (χ2n) is 7.62. The minimum Gasteiger partial charge on any atom is -0.496 e. The first-order valence-electron chi connectivity index (χ1n) is 10.5. The molecule has 1 aliphatic rings. The molecule has 0 bridgehead atoms. The van der Waals surface area contributed by atoms with Gasteiger partial charge in [-0.05, 0) is 35.7 Å². The molecule has 0 N–H and O–H groups in total. The second-order valence-corrected chi connectivity index (χ2v) is 7.62. The van der Waals surface area contributed by atoms with Gasteiger partial charge in [0, 0.05) is 31.5 Å². The second kappa shape index (κ2) is 9.56. The van der Waals surface area contributed by atoms with E-state index in [1.807, 2.05) is 65.6 Å². The summed E-state index contributed by atoms with van der Waals surface area (Å²) in [6.07, 6.45) is 0.756. The quantitative estimate of drug-likeness (QED) is 0.518. The Bertz CT molecular complexity index is 1030. The van der Waals surface area contributed by atoms with Crippen LogP contribution < -0.4 is 14.2 Å². The molecule has 4 rings (SSSR count). The number of rotatable bonds is 8. The number of hydrogen-bond donors (Lipinski definition) is 0. The lowest BCUT2D eigenvalue weighted by Gasteiger charge is -2.26. The SMILES string of the molecule is COc1ccccc1[C@H](CCN(Cc1ccccc1)C(C)=O)c1ccc2c(c1)OCO2. The minimum absolute atomic E-state index is 0.0447. The average Bonchev–Trinajstić information content (AvgIpc) is 3.27.